The van der Waals surface area contributed by atoms with Gasteiger partial charge in [-0.25, -0.2) is 8.42 Å². The van der Waals surface area contributed by atoms with Crippen LogP contribution in [0, 0.1) is 5.92 Å². The van der Waals surface area contributed by atoms with Crippen LogP contribution in [0.5, 0.6) is 0 Å². The number of rotatable bonds is 4. The molecule has 0 bridgehead atoms. The van der Waals surface area contributed by atoms with Crippen molar-refractivity contribution >= 4 is 47.3 Å². The summed E-state index contributed by atoms with van der Waals surface area (Å²) >= 11 is 9.31. The lowest BCUT2D eigenvalue weighted by Crippen LogP contribution is -2.12. The van der Waals surface area contributed by atoms with Gasteiger partial charge in [0.25, 0.3) is 14.2 Å². The number of aromatic nitrogens is 3. The van der Waals surface area contributed by atoms with Crippen molar-refractivity contribution in [3.63, 3.8) is 0 Å². The van der Waals surface area contributed by atoms with E-state index in [0.29, 0.717) is 27.4 Å². The fourth-order valence-corrected chi connectivity index (χ4v) is 3.63. The summed E-state index contributed by atoms with van der Waals surface area (Å²) in [5.41, 5.74) is 0.694. The minimum atomic E-state index is -3.97. The zero-order valence-corrected chi connectivity index (χ0v) is 15.1. The van der Waals surface area contributed by atoms with Gasteiger partial charge in [-0.2, -0.15) is 0 Å². The second-order valence-electron chi connectivity index (χ2n) is 4.87. The summed E-state index contributed by atoms with van der Waals surface area (Å²) in [5.74, 6) is 0.620. The molecule has 0 spiro atoms. The van der Waals surface area contributed by atoms with Crippen LogP contribution in [0.1, 0.15) is 13.8 Å². The molecule has 0 aliphatic rings. The van der Waals surface area contributed by atoms with Crippen LogP contribution in [-0.2, 0) is 15.6 Å². The molecule has 0 radical (unpaired) electrons. The largest absolute Gasteiger partial charge is 0.297 e. The number of benzene rings is 1. The first-order chi connectivity index (χ1) is 9.70. The average molecular weight is 413 g/mol. The number of hydrogen-bond acceptors (Lipinski definition) is 4. The van der Waals surface area contributed by atoms with Gasteiger partial charge in [-0.3, -0.25) is 4.57 Å². The maximum Gasteiger partial charge on any atom is 0.296 e. The summed E-state index contributed by atoms with van der Waals surface area (Å²) in [6.45, 7) is 4.36. The van der Waals surface area contributed by atoms with Crippen molar-refractivity contribution in [1.82, 2.24) is 14.8 Å². The molecule has 1 heterocycles. The van der Waals surface area contributed by atoms with Crippen molar-refractivity contribution in [3.8, 4) is 11.4 Å². The van der Waals surface area contributed by atoms with Crippen molar-refractivity contribution in [3.05, 3.63) is 27.7 Å². The molecule has 0 atom stereocenters. The predicted molar refractivity (Wildman–Crippen MR) is 86.0 cm³/mol. The van der Waals surface area contributed by atoms with Crippen LogP contribution >= 0.6 is 38.2 Å². The van der Waals surface area contributed by atoms with E-state index in [9.17, 15) is 8.42 Å². The van der Waals surface area contributed by atoms with Crippen LogP contribution in [0.4, 0.5) is 0 Å². The normalized spacial score (nSPS) is 12.1. The fourth-order valence-electron chi connectivity index (χ4n) is 1.87. The standard InChI is InChI=1S/C12H12BrCl2N3O2S/c1-7(2)6-18-11(16-17-12(18)21(15,19)20)9-4-3-8(14)5-10(9)13/h3-5,7H,6H2,1-2H3. The van der Waals surface area contributed by atoms with Crippen LogP contribution in [0.15, 0.2) is 27.8 Å². The van der Waals surface area contributed by atoms with E-state index in [-0.39, 0.29) is 11.1 Å². The Morgan fingerprint density at radius 3 is 2.52 bits per heavy atom. The van der Waals surface area contributed by atoms with Crippen molar-refractivity contribution in [2.24, 2.45) is 5.92 Å². The SMILES string of the molecule is CC(C)Cn1c(-c2ccc(Cl)cc2Br)nnc1S(=O)(=O)Cl. The van der Waals surface area contributed by atoms with E-state index < -0.39 is 9.05 Å². The zero-order valence-electron chi connectivity index (χ0n) is 11.2. The third kappa shape index (κ3) is 3.77. The summed E-state index contributed by atoms with van der Waals surface area (Å²) in [6, 6.07) is 5.16. The molecule has 0 N–H and O–H groups in total. The van der Waals surface area contributed by atoms with Crippen LogP contribution in [0.3, 0.4) is 0 Å². The van der Waals surface area contributed by atoms with E-state index in [2.05, 4.69) is 26.1 Å². The summed E-state index contributed by atoms with van der Waals surface area (Å²) in [6.07, 6.45) is 0. The Balaban J connectivity index is 2.66. The second-order valence-corrected chi connectivity index (χ2v) is 8.62. The first-order valence-electron chi connectivity index (χ1n) is 6.03. The third-order valence-electron chi connectivity index (χ3n) is 2.65. The van der Waals surface area contributed by atoms with Crippen molar-refractivity contribution in [2.75, 3.05) is 0 Å². The van der Waals surface area contributed by atoms with Gasteiger partial charge in [0.2, 0.25) is 0 Å². The number of hydrogen-bond donors (Lipinski definition) is 0. The molecule has 0 fully saturated rings. The van der Waals surface area contributed by atoms with E-state index in [0.717, 1.165) is 0 Å². The summed E-state index contributed by atoms with van der Waals surface area (Å²) in [5, 5.41) is 8.00. The molecule has 0 unspecified atom stereocenters. The van der Waals surface area contributed by atoms with Gasteiger partial charge in [0.1, 0.15) is 0 Å². The molecule has 2 rings (SSSR count). The molecule has 21 heavy (non-hydrogen) atoms. The lowest BCUT2D eigenvalue weighted by atomic mass is 10.2. The Morgan fingerprint density at radius 2 is 2.00 bits per heavy atom. The maximum atomic E-state index is 11.6. The second kappa shape index (κ2) is 6.24. The highest BCUT2D eigenvalue weighted by Gasteiger charge is 2.24. The highest BCUT2D eigenvalue weighted by atomic mass is 79.9. The fraction of sp³-hybridized carbons (Fsp3) is 0.333. The van der Waals surface area contributed by atoms with E-state index in [1.54, 1.807) is 18.2 Å². The minimum absolute atomic E-state index is 0.197. The molecule has 1 aromatic heterocycles. The highest BCUT2D eigenvalue weighted by molar-refractivity contribution is 9.10. The van der Waals surface area contributed by atoms with Crippen molar-refractivity contribution in [2.45, 2.75) is 25.5 Å². The lowest BCUT2D eigenvalue weighted by molar-refractivity contribution is 0.488. The van der Waals surface area contributed by atoms with Gasteiger partial charge in [0, 0.05) is 32.3 Å². The molecule has 0 saturated carbocycles. The predicted octanol–water partition coefficient (Wildman–Crippen LogP) is 3.94. The van der Waals surface area contributed by atoms with E-state index in [1.807, 2.05) is 13.8 Å². The van der Waals surface area contributed by atoms with Gasteiger partial charge in [-0.1, -0.05) is 25.4 Å². The van der Waals surface area contributed by atoms with E-state index in [1.165, 1.54) is 4.57 Å². The zero-order chi connectivity index (χ0) is 15.8. The smallest absolute Gasteiger partial charge is 0.296 e. The molecule has 1 aromatic carbocycles. The lowest BCUT2D eigenvalue weighted by Gasteiger charge is -2.12. The first-order valence-corrected chi connectivity index (χ1v) is 9.51. The van der Waals surface area contributed by atoms with E-state index >= 15 is 0 Å². The molecular weight excluding hydrogens is 401 g/mol. The molecule has 0 aliphatic heterocycles. The molecule has 2 aromatic rings. The van der Waals surface area contributed by atoms with Gasteiger partial charge in [-0.15, -0.1) is 10.2 Å². The third-order valence-corrected chi connectivity index (χ3v) is 4.70. The van der Waals surface area contributed by atoms with Gasteiger partial charge in [0.05, 0.1) is 0 Å². The molecule has 114 valence electrons. The number of nitrogens with zero attached hydrogens (tertiary/aromatic N) is 3. The Morgan fingerprint density at radius 1 is 1.33 bits per heavy atom. The Bertz CT molecular complexity index is 775. The molecule has 0 amide bonds. The molecule has 0 aliphatic carbocycles. The highest BCUT2D eigenvalue weighted by Crippen LogP contribution is 2.31. The minimum Gasteiger partial charge on any atom is -0.297 e. The van der Waals surface area contributed by atoms with Gasteiger partial charge >= 0.3 is 0 Å². The molecular formula is C12H12BrCl2N3O2S. The number of halogens is 3. The van der Waals surface area contributed by atoms with Gasteiger partial charge < -0.3 is 0 Å². The van der Waals surface area contributed by atoms with E-state index in [4.69, 9.17) is 22.3 Å². The van der Waals surface area contributed by atoms with Crippen LogP contribution in [-0.4, -0.2) is 23.2 Å². The topological polar surface area (TPSA) is 64.8 Å². The summed E-state index contributed by atoms with van der Waals surface area (Å²) in [4.78, 5) is 0. The molecule has 9 heteroatoms. The Labute approximate surface area is 140 Å². The monoisotopic (exact) mass is 411 g/mol. The van der Waals surface area contributed by atoms with Crippen molar-refractivity contribution < 1.29 is 8.42 Å². The first kappa shape index (κ1) is 16.7. The summed E-state index contributed by atoms with van der Waals surface area (Å²) < 4.78 is 25.5. The Hall–Kier alpha value is -0.630. The quantitative estimate of drug-likeness (QED) is 0.713. The molecule has 0 saturated heterocycles. The van der Waals surface area contributed by atoms with Crippen LogP contribution in [0.2, 0.25) is 5.02 Å². The molecule has 5 nitrogen and oxygen atoms in total. The van der Waals surface area contributed by atoms with Crippen LogP contribution < -0.4 is 0 Å². The van der Waals surface area contributed by atoms with Crippen LogP contribution in [0.25, 0.3) is 11.4 Å². The maximum absolute atomic E-state index is 11.6. The summed E-state index contributed by atoms with van der Waals surface area (Å²) in [7, 11) is 1.46. The van der Waals surface area contributed by atoms with Gasteiger partial charge in [-0.05, 0) is 40.0 Å². The van der Waals surface area contributed by atoms with Crippen molar-refractivity contribution in [1.29, 1.82) is 0 Å². The van der Waals surface area contributed by atoms with Gasteiger partial charge in [0.15, 0.2) is 5.82 Å². The Kier molecular flexibility index (Phi) is 4.97. The average Bonchev–Trinajstić information content (AvgIpc) is 2.71.